The van der Waals surface area contributed by atoms with Gasteiger partial charge in [-0.15, -0.1) is 0 Å². The summed E-state index contributed by atoms with van der Waals surface area (Å²) in [6.07, 6.45) is 2.62. The lowest BCUT2D eigenvalue weighted by Crippen LogP contribution is -1.97. The molecule has 4 nitrogen and oxygen atoms in total. The van der Waals surface area contributed by atoms with Crippen LogP contribution in [0.2, 0.25) is 0 Å². The van der Waals surface area contributed by atoms with Crippen LogP contribution in [0.4, 0.5) is 0 Å². The van der Waals surface area contributed by atoms with E-state index >= 15 is 0 Å². The third-order valence-corrected chi connectivity index (χ3v) is 3.43. The van der Waals surface area contributed by atoms with Crippen LogP contribution < -0.4 is 5.73 Å². The fourth-order valence-corrected chi connectivity index (χ4v) is 2.45. The first kappa shape index (κ1) is 12.3. The molecular formula is C14H13BrN4. The predicted molar refractivity (Wildman–Crippen MR) is 77.8 cm³/mol. The molecule has 5 heteroatoms. The quantitative estimate of drug-likeness (QED) is 0.808. The standard InChI is InChI=1S/C14H13BrN4/c15-12-3-1-2-10(6-12)7-13-17-14-8-11(9-16)4-5-19(14)18-13/h1-6,8H,7,9,16H2. The molecule has 0 aliphatic carbocycles. The van der Waals surface area contributed by atoms with Crippen molar-refractivity contribution < 1.29 is 0 Å². The third-order valence-electron chi connectivity index (χ3n) is 2.93. The Morgan fingerprint density at radius 3 is 2.84 bits per heavy atom. The molecule has 0 radical (unpaired) electrons. The summed E-state index contributed by atoms with van der Waals surface area (Å²) in [5, 5.41) is 4.46. The maximum atomic E-state index is 5.63. The fraction of sp³-hybridized carbons (Fsp3) is 0.143. The fourth-order valence-electron chi connectivity index (χ4n) is 2.00. The second-order valence-corrected chi connectivity index (χ2v) is 5.29. The first-order valence-electron chi connectivity index (χ1n) is 6.03. The molecule has 96 valence electrons. The predicted octanol–water partition coefficient (Wildman–Crippen LogP) is 2.54. The molecule has 0 atom stereocenters. The van der Waals surface area contributed by atoms with E-state index in [-0.39, 0.29) is 0 Å². The summed E-state index contributed by atoms with van der Waals surface area (Å²) >= 11 is 3.47. The van der Waals surface area contributed by atoms with E-state index in [4.69, 9.17) is 5.73 Å². The van der Waals surface area contributed by atoms with Crippen molar-refractivity contribution in [1.29, 1.82) is 0 Å². The minimum Gasteiger partial charge on any atom is -0.326 e. The minimum atomic E-state index is 0.518. The Bertz CT molecular complexity index is 720. The van der Waals surface area contributed by atoms with Gasteiger partial charge in [0.05, 0.1) is 0 Å². The lowest BCUT2D eigenvalue weighted by molar-refractivity contribution is 0.895. The molecule has 0 saturated carbocycles. The van der Waals surface area contributed by atoms with Gasteiger partial charge in [0.2, 0.25) is 0 Å². The number of hydrogen-bond acceptors (Lipinski definition) is 3. The van der Waals surface area contributed by atoms with Crippen molar-refractivity contribution in [1.82, 2.24) is 14.6 Å². The molecule has 0 unspecified atom stereocenters. The Balaban J connectivity index is 1.93. The number of nitrogens with zero attached hydrogens (tertiary/aromatic N) is 3. The summed E-state index contributed by atoms with van der Waals surface area (Å²) in [5.41, 5.74) is 8.71. The molecule has 3 rings (SSSR count). The number of rotatable bonds is 3. The molecule has 1 aromatic carbocycles. The summed E-state index contributed by atoms with van der Waals surface area (Å²) in [5.74, 6) is 0.812. The van der Waals surface area contributed by atoms with E-state index in [0.29, 0.717) is 6.54 Å². The van der Waals surface area contributed by atoms with Crippen molar-refractivity contribution in [2.45, 2.75) is 13.0 Å². The van der Waals surface area contributed by atoms with Gasteiger partial charge in [-0.05, 0) is 35.4 Å². The second kappa shape index (κ2) is 5.11. The minimum absolute atomic E-state index is 0.518. The molecule has 0 saturated heterocycles. The molecule has 2 aromatic heterocycles. The number of nitrogens with two attached hydrogens (primary N) is 1. The number of benzene rings is 1. The lowest BCUT2D eigenvalue weighted by atomic mass is 10.1. The number of fused-ring (bicyclic) bond motifs is 1. The highest BCUT2D eigenvalue weighted by Crippen LogP contribution is 2.14. The van der Waals surface area contributed by atoms with Crippen molar-refractivity contribution in [2.75, 3.05) is 0 Å². The Kier molecular flexibility index (Phi) is 3.31. The van der Waals surface area contributed by atoms with Crippen molar-refractivity contribution >= 4 is 21.6 Å². The van der Waals surface area contributed by atoms with E-state index in [0.717, 1.165) is 27.9 Å². The van der Waals surface area contributed by atoms with Crippen molar-refractivity contribution in [2.24, 2.45) is 5.73 Å². The Labute approximate surface area is 119 Å². The van der Waals surface area contributed by atoms with Crippen LogP contribution >= 0.6 is 15.9 Å². The summed E-state index contributed by atoms with van der Waals surface area (Å²) in [6, 6.07) is 12.1. The van der Waals surface area contributed by atoms with Crippen LogP contribution in [0.25, 0.3) is 5.65 Å². The highest BCUT2D eigenvalue weighted by atomic mass is 79.9. The van der Waals surface area contributed by atoms with Gasteiger partial charge < -0.3 is 5.73 Å². The van der Waals surface area contributed by atoms with Crippen LogP contribution in [0.1, 0.15) is 17.0 Å². The molecule has 0 bridgehead atoms. The third kappa shape index (κ3) is 2.67. The number of halogens is 1. The Morgan fingerprint density at radius 1 is 1.16 bits per heavy atom. The molecule has 0 aliphatic heterocycles. The molecular weight excluding hydrogens is 304 g/mol. The highest BCUT2D eigenvalue weighted by molar-refractivity contribution is 9.10. The van der Waals surface area contributed by atoms with Crippen molar-refractivity contribution in [3.63, 3.8) is 0 Å². The molecule has 3 aromatic rings. The molecule has 19 heavy (non-hydrogen) atoms. The first-order chi connectivity index (χ1) is 9.24. The van der Waals surface area contributed by atoms with E-state index < -0.39 is 0 Å². The molecule has 2 heterocycles. The zero-order valence-corrected chi connectivity index (χ0v) is 11.8. The van der Waals surface area contributed by atoms with Crippen LogP contribution in [-0.4, -0.2) is 14.6 Å². The molecule has 0 spiro atoms. The SMILES string of the molecule is NCc1ccn2nc(Cc3cccc(Br)c3)nc2c1. The molecule has 0 aliphatic rings. The van der Waals surface area contributed by atoms with Crippen molar-refractivity contribution in [3.8, 4) is 0 Å². The largest absolute Gasteiger partial charge is 0.326 e. The maximum Gasteiger partial charge on any atom is 0.156 e. The summed E-state index contributed by atoms with van der Waals surface area (Å²) in [7, 11) is 0. The number of pyridine rings is 1. The van der Waals surface area contributed by atoms with Gasteiger partial charge in [0, 0.05) is 23.6 Å². The Hall–Kier alpha value is -1.72. The Morgan fingerprint density at radius 2 is 2.05 bits per heavy atom. The van der Waals surface area contributed by atoms with Gasteiger partial charge in [-0.1, -0.05) is 28.1 Å². The number of aromatic nitrogens is 3. The second-order valence-electron chi connectivity index (χ2n) is 4.38. The van der Waals surface area contributed by atoms with E-state index in [2.05, 4.69) is 38.1 Å². The number of hydrogen-bond donors (Lipinski definition) is 1. The van der Waals surface area contributed by atoms with Crippen molar-refractivity contribution in [3.05, 3.63) is 64.0 Å². The van der Waals surface area contributed by atoms with Crippen LogP contribution in [0, 0.1) is 0 Å². The van der Waals surface area contributed by atoms with Gasteiger partial charge in [0.15, 0.2) is 11.5 Å². The van der Waals surface area contributed by atoms with Crippen LogP contribution in [0.15, 0.2) is 47.1 Å². The van der Waals surface area contributed by atoms with Gasteiger partial charge >= 0.3 is 0 Å². The highest BCUT2D eigenvalue weighted by Gasteiger charge is 2.05. The van der Waals surface area contributed by atoms with E-state index in [1.807, 2.05) is 30.5 Å². The zero-order valence-electron chi connectivity index (χ0n) is 10.3. The average molecular weight is 317 g/mol. The van der Waals surface area contributed by atoms with Crippen LogP contribution in [0.3, 0.4) is 0 Å². The van der Waals surface area contributed by atoms with Gasteiger partial charge in [-0.2, -0.15) is 5.10 Å². The molecule has 0 amide bonds. The van der Waals surface area contributed by atoms with Crippen LogP contribution in [0.5, 0.6) is 0 Å². The van der Waals surface area contributed by atoms with E-state index in [1.54, 1.807) is 4.52 Å². The summed E-state index contributed by atoms with van der Waals surface area (Å²) in [6.45, 7) is 0.518. The average Bonchev–Trinajstić information content (AvgIpc) is 2.79. The smallest absolute Gasteiger partial charge is 0.156 e. The topological polar surface area (TPSA) is 56.2 Å². The van der Waals surface area contributed by atoms with Gasteiger partial charge in [0.25, 0.3) is 0 Å². The maximum absolute atomic E-state index is 5.63. The molecule has 0 fully saturated rings. The van der Waals surface area contributed by atoms with Gasteiger partial charge in [-0.25, -0.2) is 9.50 Å². The van der Waals surface area contributed by atoms with Crippen LogP contribution in [-0.2, 0) is 13.0 Å². The van der Waals surface area contributed by atoms with E-state index in [9.17, 15) is 0 Å². The molecule has 2 N–H and O–H groups in total. The lowest BCUT2D eigenvalue weighted by Gasteiger charge is -1.97. The summed E-state index contributed by atoms with van der Waals surface area (Å²) < 4.78 is 2.85. The first-order valence-corrected chi connectivity index (χ1v) is 6.82. The monoisotopic (exact) mass is 316 g/mol. The van der Waals surface area contributed by atoms with E-state index in [1.165, 1.54) is 5.56 Å². The van der Waals surface area contributed by atoms with Gasteiger partial charge in [-0.3, -0.25) is 0 Å². The normalized spacial score (nSPS) is 11.1. The van der Waals surface area contributed by atoms with Gasteiger partial charge in [0.1, 0.15) is 0 Å². The zero-order chi connectivity index (χ0) is 13.2. The summed E-state index contributed by atoms with van der Waals surface area (Å²) in [4.78, 5) is 4.53.